The van der Waals surface area contributed by atoms with Gasteiger partial charge in [-0.15, -0.1) is 6.58 Å². The SMILES string of the molecule is C=CCN1C(=O)c2ccccc2NC1c1cccc(C)c1. The van der Waals surface area contributed by atoms with Crippen molar-refractivity contribution in [3.05, 3.63) is 77.9 Å². The van der Waals surface area contributed by atoms with Gasteiger partial charge in [-0.2, -0.15) is 0 Å². The third-order valence-corrected chi connectivity index (χ3v) is 3.71. The minimum Gasteiger partial charge on any atom is -0.361 e. The van der Waals surface area contributed by atoms with Gasteiger partial charge in [0, 0.05) is 12.2 Å². The maximum absolute atomic E-state index is 12.7. The molecule has 21 heavy (non-hydrogen) atoms. The van der Waals surface area contributed by atoms with Gasteiger partial charge < -0.3 is 10.2 Å². The highest BCUT2D eigenvalue weighted by Gasteiger charge is 2.31. The third-order valence-electron chi connectivity index (χ3n) is 3.71. The number of rotatable bonds is 3. The summed E-state index contributed by atoms with van der Waals surface area (Å²) < 4.78 is 0. The Morgan fingerprint density at radius 3 is 2.81 bits per heavy atom. The van der Waals surface area contributed by atoms with Crippen LogP contribution in [0.3, 0.4) is 0 Å². The van der Waals surface area contributed by atoms with Gasteiger partial charge in [-0.3, -0.25) is 4.79 Å². The molecule has 0 radical (unpaired) electrons. The quantitative estimate of drug-likeness (QED) is 0.867. The Hall–Kier alpha value is -2.55. The van der Waals surface area contributed by atoms with E-state index in [0.717, 1.165) is 11.3 Å². The fraction of sp³-hybridized carbons (Fsp3) is 0.167. The van der Waals surface area contributed by atoms with Crippen molar-refractivity contribution < 1.29 is 4.79 Å². The average Bonchev–Trinajstić information content (AvgIpc) is 2.50. The Kier molecular flexibility index (Phi) is 3.48. The van der Waals surface area contributed by atoms with Gasteiger partial charge in [0.1, 0.15) is 6.17 Å². The summed E-state index contributed by atoms with van der Waals surface area (Å²) in [5.74, 6) is 0.0377. The van der Waals surface area contributed by atoms with E-state index >= 15 is 0 Å². The molecule has 2 aromatic rings. The first-order valence-corrected chi connectivity index (χ1v) is 7.04. The van der Waals surface area contributed by atoms with Crippen LogP contribution in [0.25, 0.3) is 0 Å². The molecule has 2 aromatic carbocycles. The lowest BCUT2D eigenvalue weighted by molar-refractivity contribution is 0.0707. The number of carbonyl (C=O) groups is 1. The molecule has 0 spiro atoms. The normalized spacial score (nSPS) is 17.1. The molecule has 0 saturated heterocycles. The molecule has 1 unspecified atom stereocenters. The average molecular weight is 278 g/mol. The van der Waals surface area contributed by atoms with E-state index in [2.05, 4.69) is 31.0 Å². The van der Waals surface area contributed by atoms with E-state index in [-0.39, 0.29) is 12.1 Å². The van der Waals surface area contributed by atoms with E-state index in [9.17, 15) is 4.79 Å². The van der Waals surface area contributed by atoms with Crippen LogP contribution in [0.2, 0.25) is 0 Å². The second-order valence-electron chi connectivity index (χ2n) is 5.25. The van der Waals surface area contributed by atoms with Gasteiger partial charge >= 0.3 is 0 Å². The predicted molar refractivity (Wildman–Crippen MR) is 85.2 cm³/mol. The van der Waals surface area contributed by atoms with Crippen molar-refractivity contribution in [3.63, 3.8) is 0 Å². The Labute approximate surface area is 124 Å². The first-order valence-electron chi connectivity index (χ1n) is 7.04. The van der Waals surface area contributed by atoms with Gasteiger partial charge in [-0.25, -0.2) is 0 Å². The maximum Gasteiger partial charge on any atom is 0.258 e. The highest BCUT2D eigenvalue weighted by atomic mass is 16.2. The van der Waals surface area contributed by atoms with Crippen LogP contribution in [0.15, 0.2) is 61.2 Å². The summed E-state index contributed by atoms with van der Waals surface area (Å²) in [5, 5.41) is 3.46. The molecule has 1 aliphatic rings. The molecule has 0 aromatic heterocycles. The van der Waals surface area contributed by atoms with Crippen molar-refractivity contribution in [3.8, 4) is 0 Å². The number of benzene rings is 2. The summed E-state index contributed by atoms with van der Waals surface area (Å²) in [5.41, 5.74) is 3.86. The minimum absolute atomic E-state index is 0.0377. The Morgan fingerprint density at radius 2 is 2.05 bits per heavy atom. The van der Waals surface area contributed by atoms with Crippen LogP contribution in [0.4, 0.5) is 5.69 Å². The van der Waals surface area contributed by atoms with E-state index in [1.165, 1.54) is 5.56 Å². The lowest BCUT2D eigenvalue weighted by atomic mass is 10.0. The van der Waals surface area contributed by atoms with Crippen molar-refractivity contribution in [1.29, 1.82) is 0 Å². The summed E-state index contributed by atoms with van der Waals surface area (Å²) in [7, 11) is 0. The summed E-state index contributed by atoms with van der Waals surface area (Å²) in [6, 6.07) is 15.8. The standard InChI is InChI=1S/C18H18N2O/c1-3-11-20-17(14-8-6-7-13(2)12-14)19-16-10-5-4-9-15(16)18(20)21/h3-10,12,17,19H,1,11H2,2H3. The number of amides is 1. The molecule has 0 aliphatic carbocycles. The predicted octanol–water partition coefficient (Wildman–Crippen LogP) is 3.75. The highest BCUT2D eigenvalue weighted by molar-refractivity contribution is 6.01. The molecule has 1 amide bonds. The lowest BCUT2D eigenvalue weighted by Gasteiger charge is -2.37. The monoisotopic (exact) mass is 278 g/mol. The number of fused-ring (bicyclic) bond motifs is 1. The number of nitrogens with zero attached hydrogens (tertiary/aromatic N) is 1. The fourth-order valence-corrected chi connectivity index (χ4v) is 2.72. The van der Waals surface area contributed by atoms with Gasteiger partial charge in [0.15, 0.2) is 0 Å². The molecule has 3 heteroatoms. The van der Waals surface area contributed by atoms with Crippen molar-refractivity contribution in [2.24, 2.45) is 0 Å². The molecular formula is C18H18N2O. The van der Waals surface area contributed by atoms with Crippen molar-refractivity contribution in [2.45, 2.75) is 13.1 Å². The van der Waals surface area contributed by atoms with Crippen LogP contribution in [0, 0.1) is 6.92 Å². The molecule has 1 N–H and O–H groups in total. The van der Waals surface area contributed by atoms with Crippen LogP contribution in [-0.2, 0) is 0 Å². The smallest absolute Gasteiger partial charge is 0.258 e. The topological polar surface area (TPSA) is 32.3 Å². The number of para-hydroxylation sites is 1. The number of hydrogen-bond acceptors (Lipinski definition) is 2. The van der Waals surface area contributed by atoms with Gasteiger partial charge in [-0.1, -0.05) is 48.0 Å². The summed E-state index contributed by atoms with van der Waals surface area (Å²) in [6.45, 7) is 6.34. The summed E-state index contributed by atoms with van der Waals surface area (Å²) >= 11 is 0. The molecule has 106 valence electrons. The zero-order chi connectivity index (χ0) is 14.8. The van der Waals surface area contributed by atoms with Crippen LogP contribution in [-0.4, -0.2) is 17.4 Å². The van der Waals surface area contributed by atoms with E-state index in [1.807, 2.05) is 41.3 Å². The zero-order valence-electron chi connectivity index (χ0n) is 12.0. The fourth-order valence-electron chi connectivity index (χ4n) is 2.72. The second kappa shape index (κ2) is 5.44. The largest absolute Gasteiger partial charge is 0.361 e. The van der Waals surface area contributed by atoms with Crippen molar-refractivity contribution in [2.75, 3.05) is 11.9 Å². The van der Waals surface area contributed by atoms with Crippen LogP contribution in [0.1, 0.15) is 27.7 Å². The molecule has 1 atom stereocenters. The molecule has 0 saturated carbocycles. The molecule has 1 heterocycles. The zero-order valence-corrected chi connectivity index (χ0v) is 12.0. The number of hydrogen-bond donors (Lipinski definition) is 1. The first-order chi connectivity index (χ1) is 10.2. The number of anilines is 1. The van der Waals surface area contributed by atoms with E-state index < -0.39 is 0 Å². The molecule has 0 bridgehead atoms. The molecule has 0 fully saturated rings. The first kappa shape index (κ1) is 13.4. The van der Waals surface area contributed by atoms with Crippen LogP contribution >= 0.6 is 0 Å². The van der Waals surface area contributed by atoms with Crippen LogP contribution < -0.4 is 5.32 Å². The number of carbonyl (C=O) groups excluding carboxylic acids is 1. The third kappa shape index (κ3) is 2.42. The Morgan fingerprint density at radius 1 is 1.24 bits per heavy atom. The Bertz CT molecular complexity index is 693. The summed E-state index contributed by atoms with van der Waals surface area (Å²) in [6.07, 6.45) is 1.60. The van der Waals surface area contributed by atoms with E-state index in [0.29, 0.717) is 12.1 Å². The van der Waals surface area contributed by atoms with Gasteiger partial charge in [0.25, 0.3) is 5.91 Å². The summed E-state index contributed by atoms with van der Waals surface area (Å²) in [4.78, 5) is 14.5. The second-order valence-corrected chi connectivity index (χ2v) is 5.25. The highest BCUT2D eigenvalue weighted by Crippen LogP contribution is 2.32. The van der Waals surface area contributed by atoms with Gasteiger partial charge in [0.2, 0.25) is 0 Å². The van der Waals surface area contributed by atoms with E-state index in [1.54, 1.807) is 6.08 Å². The van der Waals surface area contributed by atoms with Gasteiger partial charge in [0.05, 0.1) is 5.56 Å². The molecular weight excluding hydrogens is 260 g/mol. The van der Waals surface area contributed by atoms with Crippen LogP contribution in [0.5, 0.6) is 0 Å². The molecule has 3 rings (SSSR count). The minimum atomic E-state index is -0.162. The molecule has 1 aliphatic heterocycles. The molecule has 3 nitrogen and oxygen atoms in total. The van der Waals surface area contributed by atoms with Crippen molar-refractivity contribution in [1.82, 2.24) is 4.90 Å². The maximum atomic E-state index is 12.7. The van der Waals surface area contributed by atoms with Gasteiger partial charge in [-0.05, 0) is 24.6 Å². The van der Waals surface area contributed by atoms with E-state index in [4.69, 9.17) is 0 Å². The number of nitrogens with one attached hydrogen (secondary N) is 1. The lowest BCUT2D eigenvalue weighted by Crippen LogP contribution is -2.43. The Balaban J connectivity index is 2.06. The van der Waals surface area contributed by atoms with Crippen molar-refractivity contribution >= 4 is 11.6 Å². The number of aryl methyl sites for hydroxylation is 1.